The molecule has 0 aromatic carbocycles. The van der Waals surface area contributed by atoms with Gasteiger partial charge in [-0.05, 0) is 12.3 Å². The summed E-state index contributed by atoms with van der Waals surface area (Å²) in [5.74, 6) is 0.292. The first-order valence-corrected chi connectivity index (χ1v) is 3.16. The van der Waals surface area contributed by atoms with E-state index in [4.69, 9.17) is 5.11 Å². The molecule has 0 saturated carbocycles. The van der Waals surface area contributed by atoms with Gasteiger partial charge in [0.25, 0.3) is 0 Å². The second-order valence-electron chi connectivity index (χ2n) is 2.44. The molecule has 2 N–H and O–H groups in total. The Morgan fingerprint density at radius 2 is 2.56 bits per heavy atom. The molecule has 1 rings (SSSR count). The maximum atomic E-state index is 10.1. The van der Waals surface area contributed by atoms with Crippen LogP contribution < -0.4 is 5.32 Å². The molecule has 0 amide bonds. The quantitative estimate of drug-likeness (QED) is 0.478. The Labute approximate surface area is 54.1 Å². The number of rotatable bonds is 2. The van der Waals surface area contributed by atoms with Crippen LogP contribution in [-0.4, -0.2) is 30.6 Å². The average molecular weight is 129 g/mol. The molecule has 52 valence electrons. The van der Waals surface area contributed by atoms with Crippen molar-refractivity contribution in [2.75, 3.05) is 13.2 Å². The SMILES string of the molecule is O=CC1C[C@@H](CO)CN1. The van der Waals surface area contributed by atoms with Crippen LogP contribution in [0.5, 0.6) is 0 Å². The van der Waals surface area contributed by atoms with Gasteiger partial charge in [-0.3, -0.25) is 0 Å². The largest absolute Gasteiger partial charge is 0.396 e. The highest BCUT2D eigenvalue weighted by Gasteiger charge is 2.21. The van der Waals surface area contributed by atoms with E-state index >= 15 is 0 Å². The van der Waals surface area contributed by atoms with E-state index < -0.39 is 0 Å². The second-order valence-corrected chi connectivity index (χ2v) is 2.44. The van der Waals surface area contributed by atoms with Crippen molar-refractivity contribution in [2.24, 2.45) is 5.92 Å². The molecule has 0 aliphatic carbocycles. The first-order chi connectivity index (χ1) is 4.36. The van der Waals surface area contributed by atoms with Crippen molar-refractivity contribution in [1.29, 1.82) is 0 Å². The molecule has 3 heteroatoms. The lowest BCUT2D eigenvalue weighted by Gasteiger charge is -1.99. The van der Waals surface area contributed by atoms with E-state index in [1.165, 1.54) is 0 Å². The van der Waals surface area contributed by atoms with E-state index in [1.54, 1.807) is 0 Å². The third kappa shape index (κ3) is 1.50. The monoisotopic (exact) mass is 129 g/mol. The standard InChI is InChI=1S/C6H11NO2/c8-3-5-1-6(4-9)7-2-5/h4-8H,1-3H2/t5-,6?/m1/s1. The van der Waals surface area contributed by atoms with Gasteiger partial charge in [-0.25, -0.2) is 0 Å². The summed E-state index contributed by atoms with van der Waals surface area (Å²) in [6.07, 6.45) is 1.69. The van der Waals surface area contributed by atoms with Gasteiger partial charge in [0.05, 0.1) is 6.04 Å². The smallest absolute Gasteiger partial charge is 0.136 e. The van der Waals surface area contributed by atoms with Crippen LogP contribution in [0.1, 0.15) is 6.42 Å². The highest BCUT2D eigenvalue weighted by molar-refractivity contribution is 5.58. The summed E-state index contributed by atoms with van der Waals surface area (Å²) in [5.41, 5.74) is 0. The van der Waals surface area contributed by atoms with Gasteiger partial charge >= 0.3 is 0 Å². The summed E-state index contributed by atoms with van der Waals surface area (Å²) in [7, 11) is 0. The normalized spacial score (nSPS) is 34.8. The fourth-order valence-electron chi connectivity index (χ4n) is 1.09. The fraction of sp³-hybridized carbons (Fsp3) is 0.833. The predicted octanol–water partition coefficient (Wildman–Crippen LogP) is -0.844. The van der Waals surface area contributed by atoms with Gasteiger partial charge < -0.3 is 15.2 Å². The van der Waals surface area contributed by atoms with Crippen LogP contribution in [0.15, 0.2) is 0 Å². The lowest BCUT2D eigenvalue weighted by Crippen LogP contribution is -2.22. The number of aliphatic hydroxyl groups excluding tert-OH is 1. The Hall–Kier alpha value is -0.410. The number of hydrogen-bond acceptors (Lipinski definition) is 3. The van der Waals surface area contributed by atoms with E-state index in [0.29, 0.717) is 5.92 Å². The first kappa shape index (κ1) is 6.71. The number of aliphatic hydroxyl groups is 1. The van der Waals surface area contributed by atoms with Crippen molar-refractivity contribution >= 4 is 6.29 Å². The minimum atomic E-state index is -0.0119. The molecule has 1 unspecified atom stereocenters. The second kappa shape index (κ2) is 2.94. The van der Waals surface area contributed by atoms with E-state index in [0.717, 1.165) is 19.3 Å². The summed E-state index contributed by atoms with van der Waals surface area (Å²) in [6.45, 7) is 0.969. The first-order valence-electron chi connectivity index (χ1n) is 3.16. The lowest BCUT2D eigenvalue weighted by molar-refractivity contribution is -0.109. The van der Waals surface area contributed by atoms with Gasteiger partial charge in [0.15, 0.2) is 0 Å². The van der Waals surface area contributed by atoms with Crippen molar-refractivity contribution in [2.45, 2.75) is 12.5 Å². The van der Waals surface area contributed by atoms with E-state index in [1.807, 2.05) is 0 Å². The van der Waals surface area contributed by atoms with Gasteiger partial charge in [0.1, 0.15) is 6.29 Å². The Balaban J connectivity index is 2.28. The zero-order valence-corrected chi connectivity index (χ0v) is 5.21. The molecule has 0 bridgehead atoms. The number of hydrogen-bond donors (Lipinski definition) is 2. The summed E-state index contributed by atoms with van der Waals surface area (Å²) < 4.78 is 0. The van der Waals surface area contributed by atoms with Gasteiger partial charge in [0, 0.05) is 13.2 Å². The van der Waals surface area contributed by atoms with Gasteiger partial charge in [-0.15, -0.1) is 0 Å². The molecule has 1 aliphatic rings. The molecule has 0 spiro atoms. The van der Waals surface area contributed by atoms with E-state index in [-0.39, 0.29) is 12.6 Å². The van der Waals surface area contributed by atoms with Crippen LogP contribution in [0.4, 0.5) is 0 Å². The summed E-state index contributed by atoms with van der Waals surface area (Å²) in [4.78, 5) is 10.1. The zero-order valence-electron chi connectivity index (χ0n) is 5.21. The van der Waals surface area contributed by atoms with Crippen LogP contribution in [0.25, 0.3) is 0 Å². The lowest BCUT2D eigenvalue weighted by atomic mass is 10.1. The maximum Gasteiger partial charge on any atom is 0.136 e. The van der Waals surface area contributed by atoms with Crippen molar-refractivity contribution in [3.05, 3.63) is 0 Å². The summed E-state index contributed by atoms with van der Waals surface area (Å²) in [5, 5.41) is 11.6. The number of carbonyl (C=O) groups excluding carboxylic acids is 1. The molecule has 1 saturated heterocycles. The summed E-state index contributed by atoms with van der Waals surface area (Å²) >= 11 is 0. The third-order valence-electron chi connectivity index (χ3n) is 1.68. The number of aldehydes is 1. The molecule has 1 heterocycles. The van der Waals surface area contributed by atoms with E-state index in [9.17, 15) is 4.79 Å². The predicted molar refractivity (Wildman–Crippen MR) is 33.0 cm³/mol. The topological polar surface area (TPSA) is 49.3 Å². The van der Waals surface area contributed by atoms with Crippen LogP contribution in [0.3, 0.4) is 0 Å². The van der Waals surface area contributed by atoms with Crippen LogP contribution >= 0.6 is 0 Å². The molecule has 0 radical (unpaired) electrons. The minimum Gasteiger partial charge on any atom is -0.396 e. The molecular weight excluding hydrogens is 118 g/mol. The maximum absolute atomic E-state index is 10.1. The Kier molecular flexibility index (Phi) is 2.19. The van der Waals surface area contributed by atoms with Crippen molar-refractivity contribution in [1.82, 2.24) is 5.32 Å². The van der Waals surface area contributed by atoms with Crippen LogP contribution in [0.2, 0.25) is 0 Å². The van der Waals surface area contributed by atoms with Crippen molar-refractivity contribution in [3.8, 4) is 0 Å². The minimum absolute atomic E-state index is 0.0119. The molecule has 0 aromatic heterocycles. The van der Waals surface area contributed by atoms with Gasteiger partial charge in [-0.2, -0.15) is 0 Å². The third-order valence-corrected chi connectivity index (χ3v) is 1.68. The molecule has 3 nitrogen and oxygen atoms in total. The number of carbonyl (C=O) groups is 1. The van der Waals surface area contributed by atoms with Crippen LogP contribution in [-0.2, 0) is 4.79 Å². The highest BCUT2D eigenvalue weighted by atomic mass is 16.3. The molecule has 9 heavy (non-hydrogen) atoms. The summed E-state index contributed by atoms with van der Waals surface area (Å²) in [6, 6.07) is -0.0119. The molecule has 1 aliphatic heterocycles. The molecule has 0 aromatic rings. The van der Waals surface area contributed by atoms with Gasteiger partial charge in [-0.1, -0.05) is 0 Å². The Morgan fingerprint density at radius 1 is 1.78 bits per heavy atom. The highest BCUT2D eigenvalue weighted by Crippen LogP contribution is 2.10. The fourth-order valence-corrected chi connectivity index (χ4v) is 1.09. The molecule has 1 fully saturated rings. The number of nitrogens with one attached hydrogen (secondary N) is 1. The average Bonchev–Trinajstić information content (AvgIpc) is 2.34. The Morgan fingerprint density at radius 3 is 2.89 bits per heavy atom. The van der Waals surface area contributed by atoms with Gasteiger partial charge in [0.2, 0.25) is 0 Å². The van der Waals surface area contributed by atoms with Crippen LogP contribution in [0, 0.1) is 5.92 Å². The van der Waals surface area contributed by atoms with Crippen molar-refractivity contribution in [3.63, 3.8) is 0 Å². The van der Waals surface area contributed by atoms with Crippen molar-refractivity contribution < 1.29 is 9.90 Å². The molecule has 2 atom stereocenters. The molecular formula is C6H11NO2. The Bertz CT molecular complexity index is 105. The van der Waals surface area contributed by atoms with E-state index in [2.05, 4.69) is 5.32 Å². The zero-order chi connectivity index (χ0) is 6.69.